The monoisotopic (exact) mass is 948 g/mol. The van der Waals surface area contributed by atoms with Crippen LogP contribution in [0.1, 0.15) is 271 Å². The first-order valence-electron chi connectivity index (χ1n) is 28.9. The molecule has 0 rings (SSSR count). The van der Waals surface area contributed by atoms with Crippen molar-refractivity contribution in [1.29, 1.82) is 0 Å². The third kappa shape index (κ3) is 49.5. The standard InChI is InChI=1S/C62H109NO5/c1-4-7-10-13-16-19-22-25-28-30-31-34-37-40-43-46-49-52-55-62(67)68-58(53-50-47-44-41-38-35-33-29-26-23-20-17-14-11-8-5-2)56-61(66)63-59(57-64)60(65)54-51-48-45-42-39-36-32-27-24-21-18-15-12-9-6-3/h10,13,16,19,22,25,28-31,33-35,38,58-60,64-65H,4-9,11-12,14-15,17-18,20-21,23-24,26-27,32,36-37,39-57H2,1-3H3,(H,63,66)/b13-10+,19-16+,25-22+,30-28+,33-29+,34-31+,38-35+. The molecule has 3 unspecified atom stereocenters. The Morgan fingerprint density at radius 3 is 1.22 bits per heavy atom. The molecule has 3 atom stereocenters. The number of carbonyl (C=O) groups is 2. The molecule has 0 aliphatic rings. The number of hydrogen-bond acceptors (Lipinski definition) is 5. The van der Waals surface area contributed by atoms with E-state index in [-0.39, 0.29) is 24.9 Å². The lowest BCUT2D eigenvalue weighted by atomic mass is 10.0. The lowest BCUT2D eigenvalue weighted by Crippen LogP contribution is -2.46. The summed E-state index contributed by atoms with van der Waals surface area (Å²) in [5.74, 6) is -0.527. The second-order valence-corrected chi connectivity index (χ2v) is 19.5. The lowest BCUT2D eigenvalue weighted by Gasteiger charge is -2.24. The molecule has 0 aromatic heterocycles. The Morgan fingerprint density at radius 2 is 0.779 bits per heavy atom. The van der Waals surface area contributed by atoms with E-state index in [0.29, 0.717) is 19.3 Å². The summed E-state index contributed by atoms with van der Waals surface area (Å²) in [6, 6.07) is -0.721. The molecule has 0 aliphatic heterocycles. The van der Waals surface area contributed by atoms with Crippen molar-refractivity contribution in [3.63, 3.8) is 0 Å². The van der Waals surface area contributed by atoms with E-state index in [0.717, 1.165) is 96.3 Å². The van der Waals surface area contributed by atoms with Crippen molar-refractivity contribution in [3.8, 4) is 0 Å². The van der Waals surface area contributed by atoms with Gasteiger partial charge in [-0.15, -0.1) is 0 Å². The van der Waals surface area contributed by atoms with Crippen LogP contribution in [0.2, 0.25) is 0 Å². The highest BCUT2D eigenvalue weighted by atomic mass is 16.5. The number of aliphatic hydroxyl groups excluding tert-OH is 2. The summed E-state index contributed by atoms with van der Waals surface area (Å²) in [7, 11) is 0. The van der Waals surface area contributed by atoms with Gasteiger partial charge in [0, 0.05) is 6.42 Å². The summed E-state index contributed by atoms with van der Waals surface area (Å²) in [6.07, 6.45) is 72.1. The van der Waals surface area contributed by atoms with E-state index in [4.69, 9.17) is 4.74 Å². The number of allylic oxidation sites excluding steroid dienone is 14. The molecule has 0 saturated heterocycles. The maximum atomic E-state index is 13.3. The van der Waals surface area contributed by atoms with Gasteiger partial charge in [0.2, 0.25) is 5.91 Å². The molecule has 392 valence electrons. The Hall–Kier alpha value is -2.96. The van der Waals surface area contributed by atoms with Crippen LogP contribution in [0.15, 0.2) is 85.1 Å². The van der Waals surface area contributed by atoms with Crippen molar-refractivity contribution in [2.45, 2.75) is 289 Å². The lowest BCUT2D eigenvalue weighted by molar-refractivity contribution is -0.151. The van der Waals surface area contributed by atoms with Gasteiger partial charge in [0.25, 0.3) is 0 Å². The number of rotatable bonds is 51. The van der Waals surface area contributed by atoms with Gasteiger partial charge in [0.1, 0.15) is 6.10 Å². The average molecular weight is 949 g/mol. The topological polar surface area (TPSA) is 95.9 Å². The van der Waals surface area contributed by atoms with E-state index in [1.807, 2.05) is 24.3 Å². The second-order valence-electron chi connectivity index (χ2n) is 19.5. The molecule has 68 heavy (non-hydrogen) atoms. The van der Waals surface area contributed by atoms with E-state index in [2.05, 4.69) is 86.8 Å². The summed E-state index contributed by atoms with van der Waals surface area (Å²) in [5.41, 5.74) is 0. The van der Waals surface area contributed by atoms with E-state index >= 15 is 0 Å². The molecule has 1 amide bonds. The second kappa shape index (κ2) is 55.0. The van der Waals surface area contributed by atoms with Crippen LogP contribution in [0.4, 0.5) is 0 Å². The molecule has 0 aromatic carbocycles. The number of carbonyl (C=O) groups excluding carboxylic acids is 2. The normalized spacial score (nSPS) is 13.8. The Kier molecular flexibility index (Phi) is 52.6. The van der Waals surface area contributed by atoms with Crippen molar-refractivity contribution >= 4 is 11.9 Å². The average Bonchev–Trinajstić information content (AvgIpc) is 3.33. The van der Waals surface area contributed by atoms with Crippen LogP contribution in [-0.2, 0) is 14.3 Å². The molecule has 0 fully saturated rings. The van der Waals surface area contributed by atoms with Crippen LogP contribution in [0.25, 0.3) is 0 Å². The van der Waals surface area contributed by atoms with E-state index in [1.54, 1.807) is 0 Å². The fraction of sp³-hybridized carbons (Fsp3) is 0.742. The zero-order valence-electron chi connectivity index (χ0n) is 44.7. The van der Waals surface area contributed by atoms with E-state index in [1.165, 1.54) is 128 Å². The maximum Gasteiger partial charge on any atom is 0.306 e. The van der Waals surface area contributed by atoms with Gasteiger partial charge in [-0.2, -0.15) is 0 Å². The van der Waals surface area contributed by atoms with Gasteiger partial charge in [0.05, 0.1) is 25.2 Å². The highest BCUT2D eigenvalue weighted by Crippen LogP contribution is 2.18. The van der Waals surface area contributed by atoms with E-state index < -0.39 is 18.2 Å². The minimum Gasteiger partial charge on any atom is -0.462 e. The van der Waals surface area contributed by atoms with Crippen LogP contribution >= 0.6 is 0 Å². The van der Waals surface area contributed by atoms with E-state index in [9.17, 15) is 19.8 Å². The summed E-state index contributed by atoms with van der Waals surface area (Å²) >= 11 is 0. The smallest absolute Gasteiger partial charge is 0.306 e. The molecule has 0 heterocycles. The molecule has 0 aromatic rings. The summed E-state index contributed by atoms with van der Waals surface area (Å²) in [5, 5.41) is 23.9. The number of unbranched alkanes of at least 4 members (excludes halogenated alkanes) is 30. The van der Waals surface area contributed by atoms with Crippen molar-refractivity contribution in [1.82, 2.24) is 5.32 Å². The van der Waals surface area contributed by atoms with Crippen molar-refractivity contribution in [2.24, 2.45) is 0 Å². The SMILES string of the molecule is CCC/C=C/C=C/C=C/C=C/C=C/CCCCCCCC(=O)OC(CCCCC/C=C/C=C/CCCCCCCCC)CC(=O)NC(CO)C(O)CCCCCCCCCCCCCCCCC. The van der Waals surface area contributed by atoms with Gasteiger partial charge >= 0.3 is 5.97 Å². The molecule has 0 aliphatic carbocycles. The molecule has 6 heteroatoms. The summed E-state index contributed by atoms with van der Waals surface area (Å²) in [6.45, 7) is 6.40. The Morgan fingerprint density at radius 1 is 0.426 bits per heavy atom. The van der Waals surface area contributed by atoms with Gasteiger partial charge in [0.15, 0.2) is 0 Å². The fourth-order valence-electron chi connectivity index (χ4n) is 8.45. The molecule has 0 radical (unpaired) electrons. The highest BCUT2D eigenvalue weighted by Gasteiger charge is 2.24. The van der Waals surface area contributed by atoms with Gasteiger partial charge in [-0.05, 0) is 70.6 Å². The maximum absolute atomic E-state index is 13.3. The minimum atomic E-state index is -0.805. The fourth-order valence-corrected chi connectivity index (χ4v) is 8.45. The minimum absolute atomic E-state index is 0.0458. The van der Waals surface area contributed by atoms with Crippen LogP contribution in [-0.4, -0.2) is 46.9 Å². The molecule has 3 N–H and O–H groups in total. The van der Waals surface area contributed by atoms with Gasteiger partial charge in [-0.25, -0.2) is 0 Å². The predicted octanol–water partition coefficient (Wildman–Crippen LogP) is 17.9. The number of amides is 1. The molecule has 6 nitrogen and oxygen atoms in total. The molecule has 0 saturated carbocycles. The number of esters is 1. The zero-order valence-corrected chi connectivity index (χ0v) is 44.7. The molecular formula is C62H109NO5. The van der Waals surface area contributed by atoms with Crippen molar-refractivity contribution < 1.29 is 24.5 Å². The summed E-state index contributed by atoms with van der Waals surface area (Å²) < 4.78 is 5.94. The van der Waals surface area contributed by atoms with Gasteiger partial charge < -0.3 is 20.3 Å². The zero-order chi connectivity index (χ0) is 49.5. The van der Waals surface area contributed by atoms with Gasteiger partial charge in [-0.1, -0.05) is 273 Å². The predicted molar refractivity (Wildman–Crippen MR) is 296 cm³/mol. The number of ether oxygens (including phenoxy) is 1. The first-order chi connectivity index (χ1) is 33.5. The van der Waals surface area contributed by atoms with Crippen LogP contribution in [0.3, 0.4) is 0 Å². The van der Waals surface area contributed by atoms with Gasteiger partial charge in [-0.3, -0.25) is 9.59 Å². The third-order valence-electron chi connectivity index (χ3n) is 12.8. The van der Waals surface area contributed by atoms with Crippen molar-refractivity contribution in [3.05, 3.63) is 85.1 Å². The Balaban J connectivity index is 4.67. The van der Waals surface area contributed by atoms with Crippen LogP contribution in [0, 0.1) is 0 Å². The third-order valence-corrected chi connectivity index (χ3v) is 12.8. The number of aliphatic hydroxyl groups is 2. The molecule has 0 bridgehead atoms. The molecular weight excluding hydrogens is 839 g/mol. The molecule has 0 spiro atoms. The van der Waals surface area contributed by atoms with Crippen LogP contribution < -0.4 is 5.32 Å². The first-order valence-corrected chi connectivity index (χ1v) is 28.9. The van der Waals surface area contributed by atoms with Crippen LogP contribution in [0.5, 0.6) is 0 Å². The Bertz CT molecular complexity index is 1290. The summed E-state index contributed by atoms with van der Waals surface area (Å²) in [4.78, 5) is 26.3. The first kappa shape index (κ1) is 65.0. The highest BCUT2D eigenvalue weighted by molar-refractivity contribution is 5.77. The number of hydrogen-bond donors (Lipinski definition) is 3. The number of nitrogens with one attached hydrogen (secondary N) is 1. The largest absolute Gasteiger partial charge is 0.462 e. The van der Waals surface area contributed by atoms with Crippen molar-refractivity contribution in [2.75, 3.05) is 6.61 Å². The Labute approximate surface area is 421 Å². The quantitative estimate of drug-likeness (QED) is 0.0321.